The van der Waals surface area contributed by atoms with E-state index < -0.39 is 0 Å². The number of carbonyl (C=O) groups excluding carboxylic acids is 1. The van der Waals surface area contributed by atoms with Crippen LogP contribution in [0.5, 0.6) is 0 Å². The van der Waals surface area contributed by atoms with Crippen molar-refractivity contribution in [2.45, 2.75) is 12.5 Å². The SMILES string of the molecule is O=C(c1cncn1-c1cccc2ccccc12)N1CCNCC1Cc1ccccc1. The van der Waals surface area contributed by atoms with Gasteiger partial charge in [-0.2, -0.15) is 0 Å². The number of aromatic nitrogens is 2. The van der Waals surface area contributed by atoms with Crippen molar-refractivity contribution < 1.29 is 4.79 Å². The molecule has 5 heteroatoms. The van der Waals surface area contributed by atoms with Crippen molar-refractivity contribution in [1.82, 2.24) is 19.8 Å². The molecule has 5 rings (SSSR count). The highest BCUT2D eigenvalue weighted by Crippen LogP contribution is 2.24. The first-order valence-electron chi connectivity index (χ1n) is 10.4. The molecule has 1 N–H and O–H groups in total. The second-order valence-electron chi connectivity index (χ2n) is 7.69. The molecule has 30 heavy (non-hydrogen) atoms. The lowest BCUT2D eigenvalue weighted by molar-refractivity contribution is 0.0628. The van der Waals surface area contributed by atoms with Crippen molar-refractivity contribution in [3.8, 4) is 5.69 Å². The van der Waals surface area contributed by atoms with Gasteiger partial charge < -0.3 is 10.2 Å². The van der Waals surface area contributed by atoms with Crippen molar-refractivity contribution in [1.29, 1.82) is 0 Å². The van der Waals surface area contributed by atoms with Gasteiger partial charge in [0, 0.05) is 31.1 Å². The summed E-state index contributed by atoms with van der Waals surface area (Å²) in [5.41, 5.74) is 2.82. The van der Waals surface area contributed by atoms with Gasteiger partial charge in [-0.1, -0.05) is 66.7 Å². The lowest BCUT2D eigenvalue weighted by Crippen LogP contribution is -2.54. The van der Waals surface area contributed by atoms with Gasteiger partial charge in [0.25, 0.3) is 5.91 Å². The first kappa shape index (κ1) is 18.6. The molecule has 5 nitrogen and oxygen atoms in total. The first-order chi connectivity index (χ1) is 14.8. The number of rotatable bonds is 4. The number of hydrogen-bond donors (Lipinski definition) is 1. The molecule has 3 aromatic carbocycles. The fourth-order valence-electron chi connectivity index (χ4n) is 4.31. The van der Waals surface area contributed by atoms with E-state index in [4.69, 9.17) is 0 Å². The van der Waals surface area contributed by atoms with E-state index in [-0.39, 0.29) is 11.9 Å². The van der Waals surface area contributed by atoms with Gasteiger partial charge in [-0.25, -0.2) is 4.98 Å². The number of piperazine rings is 1. The molecule has 2 heterocycles. The standard InChI is InChI=1S/C25H24N4O/c30-25(28-14-13-26-16-21(28)15-19-7-2-1-3-8-19)24-17-27-18-29(24)23-12-6-10-20-9-4-5-11-22(20)23/h1-12,17-18,21,26H,13-16H2. The summed E-state index contributed by atoms with van der Waals surface area (Å²) in [5, 5.41) is 5.69. The van der Waals surface area contributed by atoms with Crippen molar-refractivity contribution in [2.24, 2.45) is 0 Å². The van der Waals surface area contributed by atoms with Crippen LogP contribution in [0.1, 0.15) is 16.1 Å². The molecular weight excluding hydrogens is 372 g/mol. The van der Waals surface area contributed by atoms with Gasteiger partial charge in [-0.3, -0.25) is 9.36 Å². The highest BCUT2D eigenvalue weighted by atomic mass is 16.2. The highest BCUT2D eigenvalue weighted by molar-refractivity contribution is 5.96. The van der Waals surface area contributed by atoms with Crippen LogP contribution in [0.4, 0.5) is 0 Å². The van der Waals surface area contributed by atoms with Crippen LogP contribution in [0.15, 0.2) is 85.3 Å². The molecule has 1 unspecified atom stereocenters. The third kappa shape index (κ3) is 3.48. The van der Waals surface area contributed by atoms with Crippen LogP contribution in [0.25, 0.3) is 16.5 Å². The number of benzene rings is 3. The third-order valence-corrected chi connectivity index (χ3v) is 5.81. The van der Waals surface area contributed by atoms with Crippen LogP contribution in [0.2, 0.25) is 0 Å². The van der Waals surface area contributed by atoms with Crippen molar-refractivity contribution in [3.05, 3.63) is 96.6 Å². The third-order valence-electron chi connectivity index (χ3n) is 5.81. The molecular formula is C25H24N4O. The van der Waals surface area contributed by atoms with Crippen LogP contribution in [0, 0.1) is 0 Å². The number of hydrogen-bond acceptors (Lipinski definition) is 3. The normalized spacial score (nSPS) is 16.7. The van der Waals surface area contributed by atoms with E-state index in [9.17, 15) is 4.79 Å². The molecule has 0 spiro atoms. The smallest absolute Gasteiger partial charge is 0.272 e. The maximum absolute atomic E-state index is 13.6. The fraction of sp³-hybridized carbons (Fsp3) is 0.200. The van der Waals surface area contributed by atoms with Gasteiger partial charge in [0.2, 0.25) is 0 Å². The van der Waals surface area contributed by atoms with Gasteiger partial charge in [0.15, 0.2) is 0 Å². The number of fused-ring (bicyclic) bond motifs is 1. The Morgan fingerprint density at radius 3 is 2.70 bits per heavy atom. The molecule has 1 atom stereocenters. The molecule has 1 amide bonds. The lowest BCUT2D eigenvalue weighted by atomic mass is 10.0. The van der Waals surface area contributed by atoms with E-state index in [2.05, 4.69) is 40.6 Å². The molecule has 1 fully saturated rings. The molecule has 0 saturated carbocycles. The van der Waals surface area contributed by atoms with Crippen molar-refractivity contribution in [3.63, 3.8) is 0 Å². The topological polar surface area (TPSA) is 50.2 Å². The Morgan fingerprint density at radius 2 is 1.80 bits per heavy atom. The van der Waals surface area contributed by atoms with Crippen LogP contribution in [0.3, 0.4) is 0 Å². The Balaban J connectivity index is 1.49. The summed E-state index contributed by atoms with van der Waals surface area (Å²) >= 11 is 0. The fourth-order valence-corrected chi connectivity index (χ4v) is 4.31. The maximum Gasteiger partial charge on any atom is 0.272 e. The zero-order chi connectivity index (χ0) is 20.3. The van der Waals surface area contributed by atoms with Crippen molar-refractivity contribution >= 4 is 16.7 Å². The average molecular weight is 396 g/mol. The molecule has 0 radical (unpaired) electrons. The van der Waals surface area contributed by atoms with Crippen LogP contribution in [-0.4, -0.2) is 46.0 Å². The lowest BCUT2D eigenvalue weighted by Gasteiger charge is -2.36. The summed E-state index contributed by atoms with van der Waals surface area (Å²) < 4.78 is 1.92. The quantitative estimate of drug-likeness (QED) is 0.573. The van der Waals surface area contributed by atoms with E-state index in [0.29, 0.717) is 12.2 Å². The molecule has 4 aromatic rings. The zero-order valence-corrected chi connectivity index (χ0v) is 16.7. The monoisotopic (exact) mass is 396 g/mol. The Labute approximate surface area is 176 Å². The minimum Gasteiger partial charge on any atom is -0.331 e. The number of imidazole rings is 1. The van der Waals surface area contributed by atoms with Crippen LogP contribution in [-0.2, 0) is 6.42 Å². The Hall–Kier alpha value is -3.44. The summed E-state index contributed by atoms with van der Waals surface area (Å²) in [7, 11) is 0. The molecule has 1 aliphatic rings. The largest absolute Gasteiger partial charge is 0.331 e. The highest BCUT2D eigenvalue weighted by Gasteiger charge is 2.29. The van der Waals surface area contributed by atoms with Gasteiger partial charge >= 0.3 is 0 Å². The number of amides is 1. The number of nitrogens with zero attached hydrogens (tertiary/aromatic N) is 3. The summed E-state index contributed by atoms with van der Waals surface area (Å²) in [6.07, 6.45) is 4.26. The molecule has 0 aliphatic carbocycles. The second-order valence-corrected chi connectivity index (χ2v) is 7.69. The Bertz CT molecular complexity index is 1160. The maximum atomic E-state index is 13.6. The minimum absolute atomic E-state index is 0.0304. The predicted octanol–water partition coefficient (Wildman–Crippen LogP) is 3.68. The molecule has 150 valence electrons. The summed E-state index contributed by atoms with van der Waals surface area (Å²) in [5.74, 6) is 0.0304. The van der Waals surface area contributed by atoms with E-state index in [0.717, 1.165) is 36.0 Å². The van der Waals surface area contributed by atoms with Gasteiger partial charge in [-0.15, -0.1) is 0 Å². The molecule has 1 aliphatic heterocycles. The van der Waals surface area contributed by atoms with E-state index in [1.165, 1.54) is 5.56 Å². The van der Waals surface area contributed by atoms with Crippen LogP contribution < -0.4 is 5.32 Å². The summed E-state index contributed by atoms with van der Waals surface area (Å²) in [6, 6.07) is 24.9. The van der Waals surface area contributed by atoms with E-state index in [1.54, 1.807) is 12.5 Å². The second kappa shape index (κ2) is 8.13. The Kier molecular flexibility index (Phi) is 5.03. The predicted molar refractivity (Wildman–Crippen MR) is 119 cm³/mol. The molecule has 1 aromatic heterocycles. The van der Waals surface area contributed by atoms with E-state index in [1.807, 2.05) is 51.9 Å². The Morgan fingerprint density at radius 1 is 1.00 bits per heavy atom. The average Bonchev–Trinajstić information content (AvgIpc) is 3.29. The molecule has 0 bridgehead atoms. The van der Waals surface area contributed by atoms with Crippen LogP contribution >= 0.6 is 0 Å². The minimum atomic E-state index is 0.0304. The van der Waals surface area contributed by atoms with Gasteiger partial charge in [-0.05, 0) is 23.4 Å². The molecule has 1 saturated heterocycles. The number of nitrogens with one attached hydrogen (secondary N) is 1. The van der Waals surface area contributed by atoms with Gasteiger partial charge in [0.05, 0.1) is 18.2 Å². The van der Waals surface area contributed by atoms with Crippen molar-refractivity contribution in [2.75, 3.05) is 19.6 Å². The summed E-state index contributed by atoms with van der Waals surface area (Å²) in [4.78, 5) is 20.0. The van der Waals surface area contributed by atoms with E-state index >= 15 is 0 Å². The first-order valence-corrected chi connectivity index (χ1v) is 10.4. The zero-order valence-electron chi connectivity index (χ0n) is 16.7. The number of carbonyl (C=O) groups is 1. The van der Waals surface area contributed by atoms with Gasteiger partial charge in [0.1, 0.15) is 5.69 Å². The summed E-state index contributed by atoms with van der Waals surface area (Å²) in [6.45, 7) is 2.29.